The minimum Gasteiger partial charge on any atom is -0.493 e. The zero-order valence-electron chi connectivity index (χ0n) is 14.6. The van der Waals surface area contributed by atoms with Gasteiger partial charge in [0.05, 0.1) is 21.3 Å². The molecule has 0 bridgehead atoms. The number of rotatable bonds is 7. The summed E-state index contributed by atoms with van der Waals surface area (Å²) in [5, 5.41) is 11.8. The fourth-order valence-electron chi connectivity index (χ4n) is 2.29. The number of benzene rings is 2. The zero-order valence-corrected chi connectivity index (χ0v) is 14.6. The summed E-state index contributed by atoms with van der Waals surface area (Å²) in [5.41, 5.74) is 0.530. The second-order valence-corrected chi connectivity index (χ2v) is 5.14. The Bertz CT molecular complexity index is 804. The maximum absolute atomic E-state index is 12.2. The number of carboxylic acids is 1. The fourth-order valence-corrected chi connectivity index (χ4v) is 2.29. The van der Waals surface area contributed by atoms with Gasteiger partial charge in [0.1, 0.15) is 5.70 Å². The van der Waals surface area contributed by atoms with Crippen LogP contribution in [0.3, 0.4) is 0 Å². The largest absolute Gasteiger partial charge is 0.493 e. The molecule has 2 aromatic rings. The Balaban J connectivity index is 2.39. The summed E-state index contributed by atoms with van der Waals surface area (Å²) in [5.74, 6) is -0.665. The summed E-state index contributed by atoms with van der Waals surface area (Å²) in [7, 11) is 4.39. The van der Waals surface area contributed by atoms with Crippen molar-refractivity contribution in [2.24, 2.45) is 0 Å². The van der Waals surface area contributed by atoms with Gasteiger partial charge in [-0.2, -0.15) is 0 Å². The van der Waals surface area contributed by atoms with Gasteiger partial charge in [0.15, 0.2) is 11.5 Å². The molecule has 0 atom stereocenters. The molecule has 0 spiro atoms. The summed E-state index contributed by atoms with van der Waals surface area (Å²) in [4.78, 5) is 23.7. The lowest BCUT2D eigenvalue weighted by molar-refractivity contribution is -0.132. The predicted molar refractivity (Wildman–Crippen MR) is 95.6 cm³/mol. The van der Waals surface area contributed by atoms with E-state index in [9.17, 15) is 14.7 Å². The number of ether oxygens (including phenoxy) is 3. The molecule has 0 saturated carbocycles. The maximum Gasteiger partial charge on any atom is 0.352 e. The Morgan fingerprint density at radius 2 is 1.54 bits per heavy atom. The van der Waals surface area contributed by atoms with Crippen molar-refractivity contribution < 1.29 is 28.9 Å². The summed E-state index contributed by atoms with van der Waals surface area (Å²) in [6, 6.07) is 11.5. The van der Waals surface area contributed by atoms with Crippen LogP contribution in [0.2, 0.25) is 0 Å². The van der Waals surface area contributed by atoms with E-state index in [2.05, 4.69) is 5.32 Å². The highest BCUT2D eigenvalue weighted by atomic mass is 16.5. The van der Waals surface area contributed by atoms with E-state index in [1.54, 1.807) is 42.5 Å². The molecule has 7 heteroatoms. The van der Waals surface area contributed by atoms with Crippen molar-refractivity contribution >= 4 is 18.0 Å². The third-order valence-electron chi connectivity index (χ3n) is 3.51. The Morgan fingerprint density at radius 1 is 0.962 bits per heavy atom. The van der Waals surface area contributed by atoms with Crippen LogP contribution in [0.15, 0.2) is 48.2 Å². The monoisotopic (exact) mass is 357 g/mol. The van der Waals surface area contributed by atoms with E-state index >= 15 is 0 Å². The molecular weight excluding hydrogens is 338 g/mol. The molecule has 0 aliphatic carbocycles. The third kappa shape index (κ3) is 4.32. The van der Waals surface area contributed by atoms with Gasteiger partial charge >= 0.3 is 5.97 Å². The summed E-state index contributed by atoms with van der Waals surface area (Å²) in [6.45, 7) is 0. The lowest BCUT2D eigenvalue weighted by Gasteiger charge is -2.13. The molecule has 26 heavy (non-hydrogen) atoms. The highest BCUT2D eigenvalue weighted by Gasteiger charge is 2.16. The van der Waals surface area contributed by atoms with Crippen LogP contribution >= 0.6 is 0 Å². The van der Waals surface area contributed by atoms with Gasteiger partial charge in [-0.25, -0.2) is 4.79 Å². The van der Waals surface area contributed by atoms with Gasteiger partial charge in [0, 0.05) is 5.56 Å². The number of carboxylic acid groups (broad SMARTS) is 1. The highest BCUT2D eigenvalue weighted by Crippen LogP contribution is 2.38. The number of aliphatic carboxylic acids is 1. The summed E-state index contributed by atoms with van der Waals surface area (Å²) >= 11 is 0. The Kier molecular flexibility index (Phi) is 6.21. The van der Waals surface area contributed by atoms with Crippen molar-refractivity contribution in [3.8, 4) is 17.2 Å². The predicted octanol–water partition coefficient (Wildman–Crippen LogP) is 2.57. The Hall–Kier alpha value is -3.48. The zero-order chi connectivity index (χ0) is 19.1. The van der Waals surface area contributed by atoms with E-state index in [1.165, 1.54) is 27.4 Å². The second kappa shape index (κ2) is 8.57. The first-order chi connectivity index (χ1) is 12.5. The standard InChI is InChI=1S/C19H19NO6/c1-24-15-10-12(11-16(25-2)17(15)26-3)9-14(19(22)23)20-18(21)13-7-5-4-6-8-13/h4-11H,1-3H3,(H,20,21)(H,22,23). The van der Waals surface area contributed by atoms with Gasteiger partial charge in [-0.05, 0) is 35.9 Å². The Morgan fingerprint density at radius 3 is 2.00 bits per heavy atom. The van der Waals surface area contributed by atoms with E-state index in [0.717, 1.165) is 0 Å². The van der Waals surface area contributed by atoms with E-state index in [4.69, 9.17) is 14.2 Å². The van der Waals surface area contributed by atoms with E-state index in [0.29, 0.717) is 28.4 Å². The molecule has 0 fully saturated rings. The number of hydrogen-bond donors (Lipinski definition) is 2. The Labute approximate surface area is 150 Å². The maximum atomic E-state index is 12.2. The molecule has 1 amide bonds. The van der Waals surface area contributed by atoms with Gasteiger partial charge in [0.2, 0.25) is 5.75 Å². The molecule has 0 radical (unpaired) electrons. The summed E-state index contributed by atoms with van der Waals surface area (Å²) < 4.78 is 15.7. The first-order valence-electron chi connectivity index (χ1n) is 7.61. The van der Waals surface area contributed by atoms with E-state index < -0.39 is 11.9 Å². The van der Waals surface area contributed by atoms with Gasteiger partial charge < -0.3 is 24.6 Å². The van der Waals surface area contributed by atoms with Crippen molar-refractivity contribution in [3.63, 3.8) is 0 Å². The molecule has 0 saturated heterocycles. The molecule has 0 aromatic heterocycles. The van der Waals surface area contributed by atoms with Crippen LogP contribution in [0, 0.1) is 0 Å². The SMILES string of the molecule is COc1cc(C=C(NC(=O)c2ccccc2)C(=O)O)cc(OC)c1OC. The molecule has 0 aliphatic heterocycles. The van der Waals surface area contributed by atoms with Crippen LogP contribution in [-0.4, -0.2) is 38.3 Å². The lowest BCUT2D eigenvalue weighted by atomic mass is 10.1. The molecule has 2 rings (SSSR count). The van der Waals surface area contributed by atoms with Crippen LogP contribution < -0.4 is 19.5 Å². The van der Waals surface area contributed by atoms with E-state index in [-0.39, 0.29) is 5.70 Å². The van der Waals surface area contributed by atoms with E-state index in [1.807, 2.05) is 0 Å². The quantitative estimate of drug-likeness (QED) is 0.740. The van der Waals surface area contributed by atoms with Crippen LogP contribution in [0.1, 0.15) is 15.9 Å². The smallest absolute Gasteiger partial charge is 0.352 e. The second-order valence-electron chi connectivity index (χ2n) is 5.14. The molecule has 2 N–H and O–H groups in total. The normalized spacial score (nSPS) is 10.8. The van der Waals surface area contributed by atoms with Gasteiger partial charge in [-0.15, -0.1) is 0 Å². The lowest BCUT2D eigenvalue weighted by Crippen LogP contribution is -2.27. The highest BCUT2D eigenvalue weighted by molar-refractivity contribution is 6.02. The van der Waals surface area contributed by atoms with Crippen molar-refractivity contribution in [1.29, 1.82) is 0 Å². The van der Waals surface area contributed by atoms with Crippen molar-refractivity contribution in [3.05, 3.63) is 59.3 Å². The van der Waals surface area contributed by atoms with Crippen LogP contribution in [-0.2, 0) is 4.79 Å². The minimum absolute atomic E-state index is 0.284. The number of methoxy groups -OCH3 is 3. The van der Waals surface area contributed by atoms with Gasteiger partial charge in [0.25, 0.3) is 5.91 Å². The minimum atomic E-state index is -1.27. The first-order valence-corrected chi connectivity index (χ1v) is 7.61. The van der Waals surface area contributed by atoms with Crippen LogP contribution in [0.4, 0.5) is 0 Å². The molecule has 0 unspecified atom stereocenters. The van der Waals surface area contributed by atoms with Crippen molar-refractivity contribution in [2.75, 3.05) is 21.3 Å². The number of hydrogen-bond acceptors (Lipinski definition) is 5. The molecule has 0 aliphatic rings. The molecular formula is C19H19NO6. The third-order valence-corrected chi connectivity index (χ3v) is 3.51. The molecule has 136 valence electrons. The topological polar surface area (TPSA) is 94.1 Å². The van der Waals surface area contributed by atoms with Crippen LogP contribution in [0.5, 0.6) is 17.2 Å². The number of amides is 1. The average Bonchev–Trinajstić information content (AvgIpc) is 2.66. The van der Waals surface area contributed by atoms with Gasteiger partial charge in [-0.3, -0.25) is 4.79 Å². The van der Waals surface area contributed by atoms with Gasteiger partial charge in [-0.1, -0.05) is 18.2 Å². The molecule has 7 nitrogen and oxygen atoms in total. The van der Waals surface area contributed by atoms with Crippen molar-refractivity contribution in [2.45, 2.75) is 0 Å². The van der Waals surface area contributed by atoms with Crippen LogP contribution in [0.25, 0.3) is 6.08 Å². The number of carbonyl (C=O) groups is 2. The first kappa shape index (κ1) is 18.9. The summed E-state index contributed by atoms with van der Waals surface area (Å²) in [6.07, 6.45) is 1.31. The molecule has 2 aromatic carbocycles. The average molecular weight is 357 g/mol. The number of carbonyl (C=O) groups excluding carboxylic acids is 1. The number of nitrogens with one attached hydrogen (secondary N) is 1. The fraction of sp³-hybridized carbons (Fsp3) is 0.158. The van der Waals surface area contributed by atoms with Crippen molar-refractivity contribution in [1.82, 2.24) is 5.32 Å². The molecule has 0 heterocycles.